The minimum Gasteiger partial charge on any atom is -0.497 e. The number of amides is 1. The van der Waals surface area contributed by atoms with Gasteiger partial charge in [-0.15, -0.1) is 0 Å². The van der Waals surface area contributed by atoms with Gasteiger partial charge in [-0.2, -0.15) is 0 Å². The molecular weight excluding hydrogens is 278 g/mol. The Balaban J connectivity index is 2.98. The molecule has 0 radical (unpaired) electrons. The van der Waals surface area contributed by atoms with Gasteiger partial charge in [-0.05, 0) is 18.2 Å². The second kappa shape index (κ2) is 7.28. The van der Waals surface area contributed by atoms with Gasteiger partial charge in [0.1, 0.15) is 12.3 Å². The minimum absolute atomic E-state index is 0.183. The predicted octanol–water partition coefficient (Wildman–Crippen LogP) is 0.943. The van der Waals surface area contributed by atoms with Crippen molar-refractivity contribution in [1.82, 2.24) is 4.90 Å². The first-order chi connectivity index (χ1) is 9.85. The maximum Gasteiger partial charge on any atom is 0.323 e. The molecular formula is C14H17NO6. The van der Waals surface area contributed by atoms with Crippen LogP contribution in [-0.2, 0) is 9.59 Å². The fourth-order valence-corrected chi connectivity index (χ4v) is 1.73. The molecule has 0 aromatic heterocycles. The average Bonchev–Trinajstić information content (AvgIpc) is 2.45. The van der Waals surface area contributed by atoms with Crippen LogP contribution in [0.1, 0.15) is 17.3 Å². The molecule has 114 valence electrons. The maximum absolute atomic E-state index is 12.3. The summed E-state index contributed by atoms with van der Waals surface area (Å²) in [6.45, 7) is 0.668. The van der Waals surface area contributed by atoms with E-state index in [0.717, 1.165) is 4.90 Å². The monoisotopic (exact) mass is 295 g/mol. The van der Waals surface area contributed by atoms with E-state index >= 15 is 0 Å². The normalized spacial score (nSPS) is 11.5. The molecule has 21 heavy (non-hydrogen) atoms. The highest BCUT2D eigenvalue weighted by atomic mass is 16.5. The largest absolute Gasteiger partial charge is 0.497 e. The third kappa shape index (κ3) is 4.79. The van der Waals surface area contributed by atoms with E-state index in [0.29, 0.717) is 5.75 Å². The molecule has 0 fully saturated rings. The summed E-state index contributed by atoms with van der Waals surface area (Å²) in [7, 11) is 1.45. The summed E-state index contributed by atoms with van der Waals surface area (Å²) in [5.41, 5.74) is 0.244. The summed E-state index contributed by atoms with van der Waals surface area (Å²) in [5.74, 6) is -3.25. The van der Waals surface area contributed by atoms with Gasteiger partial charge in [0.05, 0.1) is 13.0 Å². The molecule has 0 saturated carbocycles. The van der Waals surface area contributed by atoms with Crippen LogP contribution in [0, 0.1) is 5.92 Å². The average molecular weight is 295 g/mol. The van der Waals surface area contributed by atoms with E-state index < -0.39 is 30.3 Å². The smallest absolute Gasteiger partial charge is 0.323 e. The highest BCUT2D eigenvalue weighted by molar-refractivity contribution is 5.96. The molecule has 1 aromatic carbocycles. The molecule has 7 heteroatoms. The van der Waals surface area contributed by atoms with Gasteiger partial charge in [0.25, 0.3) is 5.91 Å². The Morgan fingerprint density at radius 1 is 1.29 bits per heavy atom. The lowest BCUT2D eigenvalue weighted by Gasteiger charge is -2.23. The molecule has 0 saturated heterocycles. The minimum atomic E-state index is -1.20. The summed E-state index contributed by atoms with van der Waals surface area (Å²) in [6, 6.07) is 6.25. The maximum atomic E-state index is 12.3. The lowest BCUT2D eigenvalue weighted by molar-refractivity contribution is -0.143. The number of carboxylic acid groups (broad SMARTS) is 2. The Morgan fingerprint density at radius 2 is 1.95 bits per heavy atom. The number of hydrogen-bond donors (Lipinski definition) is 2. The van der Waals surface area contributed by atoms with Crippen LogP contribution >= 0.6 is 0 Å². The first-order valence-corrected chi connectivity index (χ1v) is 6.23. The number of rotatable bonds is 7. The molecule has 0 bridgehead atoms. The molecule has 1 rings (SSSR count). The van der Waals surface area contributed by atoms with Crippen molar-refractivity contribution in [3.05, 3.63) is 29.8 Å². The first-order valence-electron chi connectivity index (χ1n) is 6.23. The van der Waals surface area contributed by atoms with Crippen molar-refractivity contribution in [3.8, 4) is 5.75 Å². The van der Waals surface area contributed by atoms with Gasteiger partial charge < -0.3 is 19.8 Å². The zero-order chi connectivity index (χ0) is 16.0. The molecule has 1 aromatic rings. The van der Waals surface area contributed by atoms with Gasteiger partial charge in [0.2, 0.25) is 0 Å². The summed E-state index contributed by atoms with van der Waals surface area (Å²) in [5, 5.41) is 17.8. The Labute approximate surface area is 121 Å². The van der Waals surface area contributed by atoms with Crippen LogP contribution in [0.5, 0.6) is 5.75 Å². The fraction of sp³-hybridized carbons (Fsp3) is 0.357. The second-order valence-electron chi connectivity index (χ2n) is 4.55. The molecule has 1 amide bonds. The summed E-state index contributed by atoms with van der Waals surface area (Å²) >= 11 is 0. The third-order valence-electron chi connectivity index (χ3n) is 2.85. The molecule has 1 unspecified atom stereocenters. The lowest BCUT2D eigenvalue weighted by atomic mass is 10.1. The van der Waals surface area contributed by atoms with Crippen molar-refractivity contribution in [2.24, 2.45) is 5.92 Å². The van der Waals surface area contributed by atoms with E-state index in [1.54, 1.807) is 12.1 Å². The van der Waals surface area contributed by atoms with Crippen LogP contribution in [0.4, 0.5) is 0 Å². The highest BCUT2D eigenvalue weighted by Crippen LogP contribution is 2.15. The first kappa shape index (κ1) is 16.5. The van der Waals surface area contributed by atoms with Gasteiger partial charge >= 0.3 is 11.9 Å². The Hall–Kier alpha value is -2.57. The summed E-state index contributed by atoms with van der Waals surface area (Å²) in [4.78, 5) is 35.0. The van der Waals surface area contributed by atoms with E-state index in [1.165, 1.54) is 26.2 Å². The van der Waals surface area contributed by atoms with E-state index in [-0.39, 0.29) is 12.1 Å². The zero-order valence-corrected chi connectivity index (χ0v) is 11.8. The number of hydrogen-bond acceptors (Lipinski definition) is 4. The number of benzene rings is 1. The molecule has 0 heterocycles. The van der Waals surface area contributed by atoms with Crippen molar-refractivity contribution < 1.29 is 29.3 Å². The van der Waals surface area contributed by atoms with E-state index in [4.69, 9.17) is 14.9 Å². The van der Waals surface area contributed by atoms with Crippen molar-refractivity contribution in [2.75, 3.05) is 20.2 Å². The molecule has 0 aliphatic carbocycles. The topological polar surface area (TPSA) is 104 Å². The van der Waals surface area contributed by atoms with Gasteiger partial charge in [-0.25, -0.2) is 0 Å². The standard InChI is InChI=1S/C14H17NO6/c1-9(14(19)20)7-15(8-12(16)17)13(18)10-4-3-5-11(6-10)21-2/h3-6,9H,7-8H2,1-2H3,(H,16,17)(H,19,20). The molecule has 1 atom stereocenters. The molecule has 2 N–H and O–H groups in total. The third-order valence-corrected chi connectivity index (χ3v) is 2.85. The second-order valence-corrected chi connectivity index (χ2v) is 4.55. The van der Waals surface area contributed by atoms with Crippen molar-refractivity contribution in [2.45, 2.75) is 6.92 Å². The highest BCUT2D eigenvalue weighted by Gasteiger charge is 2.23. The van der Waals surface area contributed by atoms with Crippen LogP contribution in [0.25, 0.3) is 0 Å². The van der Waals surface area contributed by atoms with Gasteiger partial charge in [-0.1, -0.05) is 13.0 Å². The lowest BCUT2D eigenvalue weighted by Crippen LogP contribution is -2.40. The van der Waals surface area contributed by atoms with Crippen LogP contribution in [0.3, 0.4) is 0 Å². The van der Waals surface area contributed by atoms with Crippen molar-refractivity contribution >= 4 is 17.8 Å². The number of nitrogens with zero attached hydrogens (tertiary/aromatic N) is 1. The van der Waals surface area contributed by atoms with Gasteiger partial charge in [0, 0.05) is 12.1 Å². The van der Waals surface area contributed by atoms with Gasteiger partial charge in [0.15, 0.2) is 0 Å². The fourth-order valence-electron chi connectivity index (χ4n) is 1.73. The Bertz CT molecular complexity index is 542. The van der Waals surface area contributed by atoms with Crippen LogP contribution in [0.15, 0.2) is 24.3 Å². The van der Waals surface area contributed by atoms with Crippen LogP contribution < -0.4 is 4.74 Å². The number of carbonyl (C=O) groups is 3. The van der Waals surface area contributed by atoms with Crippen molar-refractivity contribution in [3.63, 3.8) is 0 Å². The SMILES string of the molecule is COc1cccc(C(=O)N(CC(=O)O)CC(C)C(=O)O)c1. The quantitative estimate of drug-likeness (QED) is 0.776. The summed E-state index contributed by atoms with van der Waals surface area (Å²) in [6.07, 6.45) is 0. The van der Waals surface area contributed by atoms with Crippen LogP contribution in [0.2, 0.25) is 0 Å². The van der Waals surface area contributed by atoms with Crippen LogP contribution in [-0.4, -0.2) is 53.2 Å². The van der Waals surface area contributed by atoms with E-state index in [1.807, 2.05) is 0 Å². The van der Waals surface area contributed by atoms with Crippen molar-refractivity contribution in [1.29, 1.82) is 0 Å². The number of methoxy groups -OCH3 is 1. The number of aliphatic carboxylic acids is 2. The Morgan fingerprint density at radius 3 is 2.48 bits per heavy atom. The molecule has 7 nitrogen and oxygen atoms in total. The predicted molar refractivity (Wildman–Crippen MR) is 73.3 cm³/mol. The number of ether oxygens (including phenoxy) is 1. The van der Waals surface area contributed by atoms with E-state index in [9.17, 15) is 14.4 Å². The zero-order valence-electron chi connectivity index (χ0n) is 11.8. The number of carboxylic acids is 2. The summed E-state index contributed by atoms with van der Waals surface area (Å²) < 4.78 is 5.00. The number of carbonyl (C=O) groups excluding carboxylic acids is 1. The van der Waals surface area contributed by atoms with E-state index in [2.05, 4.69) is 0 Å². The molecule has 0 spiro atoms. The van der Waals surface area contributed by atoms with Gasteiger partial charge in [-0.3, -0.25) is 14.4 Å². The molecule has 0 aliphatic rings. The molecule has 0 aliphatic heterocycles. The Kier molecular flexibility index (Phi) is 5.71.